The molecule has 1 N–H and O–H groups in total. The van der Waals surface area contributed by atoms with E-state index in [0.29, 0.717) is 16.5 Å². The highest BCUT2D eigenvalue weighted by molar-refractivity contribution is 6.42. The highest BCUT2D eigenvalue weighted by Crippen LogP contribution is 2.31. The number of anilines is 1. The Morgan fingerprint density at radius 2 is 1.85 bits per heavy atom. The third-order valence-electron chi connectivity index (χ3n) is 3.07. The third-order valence-corrected chi connectivity index (χ3v) is 3.90. The molecule has 20 heavy (non-hydrogen) atoms. The van der Waals surface area contributed by atoms with Crippen LogP contribution in [0.25, 0.3) is 0 Å². The van der Waals surface area contributed by atoms with Crippen LogP contribution in [0, 0.1) is 11.3 Å². The molecule has 0 fully saturated rings. The van der Waals surface area contributed by atoms with E-state index < -0.39 is 0 Å². The first-order valence-corrected chi connectivity index (χ1v) is 7.03. The monoisotopic (exact) mass is 304 g/mol. The Bertz CT molecular complexity index is 630. The summed E-state index contributed by atoms with van der Waals surface area (Å²) in [7, 11) is 0. The van der Waals surface area contributed by atoms with E-state index in [-0.39, 0.29) is 6.04 Å². The van der Waals surface area contributed by atoms with Gasteiger partial charge in [0.2, 0.25) is 0 Å². The lowest BCUT2D eigenvalue weighted by molar-refractivity contribution is 0.885. The zero-order valence-electron chi connectivity index (χ0n) is 11.0. The predicted molar refractivity (Wildman–Crippen MR) is 84.3 cm³/mol. The number of nitriles is 1. The van der Waals surface area contributed by atoms with Gasteiger partial charge in [-0.3, -0.25) is 0 Å². The second-order valence-corrected chi connectivity index (χ2v) is 5.33. The van der Waals surface area contributed by atoms with Crippen LogP contribution in [-0.4, -0.2) is 0 Å². The summed E-state index contributed by atoms with van der Waals surface area (Å²) >= 11 is 12.2. The fourth-order valence-corrected chi connectivity index (χ4v) is 2.46. The molecule has 102 valence electrons. The van der Waals surface area contributed by atoms with Gasteiger partial charge < -0.3 is 5.32 Å². The average molecular weight is 305 g/mol. The van der Waals surface area contributed by atoms with Crippen LogP contribution in [0.1, 0.15) is 24.1 Å². The van der Waals surface area contributed by atoms with Gasteiger partial charge in [-0.2, -0.15) is 5.26 Å². The third kappa shape index (κ3) is 3.45. The Hall–Kier alpha value is -1.69. The van der Waals surface area contributed by atoms with Gasteiger partial charge in [0.1, 0.15) is 0 Å². The fraction of sp³-hybridized carbons (Fsp3) is 0.188. The fourth-order valence-electron chi connectivity index (χ4n) is 1.99. The molecule has 4 heteroatoms. The summed E-state index contributed by atoms with van der Waals surface area (Å²) < 4.78 is 0. The molecule has 2 nitrogen and oxygen atoms in total. The topological polar surface area (TPSA) is 35.8 Å². The number of halogens is 2. The summed E-state index contributed by atoms with van der Waals surface area (Å²) in [5.74, 6) is 0. The molecule has 2 aromatic carbocycles. The van der Waals surface area contributed by atoms with Crippen LogP contribution < -0.4 is 5.32 Å². The van der Waals surface area contributed by atoms with E-state index in [4.69, 9.17) is 28.5 Å². The predicted octanol–water partition coefficient (Wildman–Crippen LogP) is 5.23. The molecule has 0 bridgehead atoms. The Balaban J connectivity index is 2.13. The van der Waals surface area contributed by atoms with Crippen LogP contribution in [-0.2, 0) is 6.42 Å². The molecule has 0 heterocycles. The van der Waals surface area contributed by atoms with Gasteiger partial charge in [0, 0.05) is 5.69 Å². The van der Waals surface area contributed by atoms with Gasteiger partial charge in [0.05, 0.1) is 28.6 Å². The van der Waals surface area contributed by atoms with Crippen molar-refractivity contribution < 1.29 is 0 Å². The zero-order valence-corrected chi connectivity index (χ0v) is 12.5. The first-order chi connectivity index (χ1) is 9.61. The van der Waals surface area contributed by atoms with Crippen molar-refractivity contribution in [2.24, 2.45) is 0 Å². The van der Waals surface area contributed by atoms with E-state index in [0.717, 1.165) is 16.8 Å². The van der Waals surface area contributed by atoms with Gasteiger partial charge in [0.25, 0.3) is 0 Å². The highest BCUT2D eigenvalue weighted by atomic mass is 35.5. The van der Waals surface area contributed by atoms with Crippen molar-refractivity contribution in [1.82, 2.24) is 0 Å². The lowest BCUT2D eigenvalue weighted by Gasteiger charge is -2.17. The van der Waals surface area contributed by atoms with Crippen molar-refractivity contribution in [2.75, 3.05) is 5.32 Å². The molecule has 1 atom stereocenters. The molecule has 0 aliphatic heterocycles. The van der Waals surface area contributed by atoms with Crippen LogP contribution in [0.15, 0.2) is 42.5 Å². The Morgan fingerprint density at radius 1 is 1.15 bits per heavy atom. The first-order valence-electron chi connectivity index (χ1n) is 6.28. The average Bonchev–Trinajstić information content (AvgIpc) is 2.44. The highest BCUT2D eigenvalue weighted by Gasteiger charge is 2.11. The standard InChI is InChI=1S/C16H14Cl2N2/c1-11(14-3-2-4-15(17)16(14)18)20-13-7-5-12(6-8-13)9-10-19/h2-8,11,20H,9H2,1H3. The summed E-state index contributed by atoms with van der Waals surface area (Å²) in [6.07, 6.45) is 0.427. The zero-order chi connectivity index (χ0) is 14.5. The Morgan fingerprint density at radius 3 is 2.50 bits per heavy atom. The second kappa shape index (κ2) is 6.65. The molecule has 2 aromatic rings. The van der Waals surface area contributed by atoms with Crippen molar-refractivity contribution >= 4 is 28.9 Å². The number of hydrogen-bond acceptors (Lipinski definition) is 2. The molecule has 1 unspecified atom stereocenters. The van der Waals surface area contributed by atoms with Crippen molar-refractivity contribution in [1.29, 1.82) is 5.26 Å². The van der Waals surface area contributed by atoms with Gasteiger partial charge in [0.15, 0.2) is 0 Å². The van der Waals surface area contributed by atoms with Crippen LogP contribution in [0.4, 0.5) is 5.69 Å². The van der Waals surface area contributed by atoms with Gasteiger partial charge in [-0.15, -0.1) is 0 Å². The second-order valence-electron chi connectivity index (χ2n) is 4.54. The minimum atomic E-state index is 0.0445. The van der Waals surface area contributed by atoms with Crippen molar-refractivity contribution in [3.63, 3.8) is 0 Å². The summed E-state index contributed by atoms with van der Waals surface area (Å²) in [6.45, 7) is 2.03. The number of nitrogens with zero attached hydrogens (tertiary/aromatic N) is 1. The largest absolute Gasteiger partial charge is 0.378 e. The molecule has 0 aliphatic carbocycles. The lowest BCUT2D eigenvalue weighted by Crippen LogP contribution is -2.07. The molecule has 0 spiro atoms. The van der Waals surface area contributed by atoms with Crippen LogP contribution >= 0.6 is 23.2 Å². The molecule has 0 saturated heterocycles. The maximum Gasteiger partial charge on any atom is 0.0669 e. The SMILES string of the molecule is CC(Nc1ccc(CC#N)cc1)c1cccc(Cl)c1Cl. The van der Waals surface area contributed by atoms with Crippen LogP contribution in [0.3, 0.4) is 0 Å². The molecular formula is C16H14Cl2N2. The molecule has 2 rings (SSSR count). The molecular weight excluding hydrogens is 291 g/mol. The smallest absolute Gasteiger partial charge is 0.0669 e. The number of benzene rings is 2. The lowest BCUT2D eigenvalue weighted by atomic mass is 10.1. The normalized spacial score (nSPS) is 11.7. The maximum absolute atomic E-state index is 8.65. The van der Waals surface area contributed by atoms with Crippen molar-refractivity contribution in [3.8, 4) is 6.07 Å². The molecule has 0 aromatic heterocycles. The van der Waals surface area contributed by atoms with Gasteiger partial charge in [-0.1, -0.05) is 47.5 Å². The van der Waals surface area contributed by atoms with Crippen molar-refractivity contribution in [2.45, 2.75) is 19.4 Å². The summed E-state index contributed by atoms with van der Waals surface area (Å²) in [6, 6.07) is 15.6. The van der Waals surface area contributed by atoms with Crippen LogP contribution in [0.5, 0.6) is 0 Å². The molecule has 0 radical (unpaired) electrons. The van der Waals surface area contributed by atoms with Gasteiger partial charge in [-0.25, -0.2) is 0 Å². The minimum Gasteiger partial charge on any atom is -0.378 e. The van der Waals surface area contributed by atoms with E-state index in [1.165, 1.54) is 0 Å². The number of hydrogen-bond donors (Lipinski definition) is 1. The Kier molecular flexibility index (Phi) is 4.89. The van der Waals surface area contributed by atoms with E-state index in [9.17, 15) is 0 Å². The minimum absolute atomic E-state index is 0.0445. The van der Waals surface area contributed by atoms with Crippen LogP contribution in [0.2, 0.25) is 10.0 Å². The van der Waals surface area contributed by atoms with Gasteiger partial charge in [-0.05, 0) is 36.2 Å². The van der Waals surface area contributed by atoms with Gasteiger partial charge >= 0.3 is 0 Å². The molecule has 0 aliphatic rings. The van der Waals surface area contributed by atoms with E-state index >= 15 is 0 Å². The number of nitrogens with one attached hydrogen (secondary N) is 1. The summed E-state index contributed by atoms with van der Waals surface area (Å²) in [5, 5.41) is 13.2. The van der Waals surface area contributed by atoms with E-state index in [1.54, 1.807) is 6.07 Å². The Labute approximate surface area is 128 Å². The quantitative estimate of drug-likeness (QED) is 0.839. The first kappa shape index (κ1) is 14.7. The van der Waals surface area contributed by atoms with E-state index in [2.05, 4.69) is 11.4 Å². The molecule has 0 amide bonds. The summed E-state index contributed by atoms with van der Waals surface area (Å²) in [4.78, 5) is 0. The summed E-state index contributed by atoms with van der Waals surface area (Å²) in [5.41, 5.74) is 2.95. The van der Waals surface area contributed by atoms with Crippen molar-refractivity contribution in [3.05, 3.63) is 63.6 Å². The number of rotatable bonds is 4. The van der Waals surface area contributed by atoms with E-state index in [1.807, 2.05) is 43.3 Å². The molecule has 0 saturated carbocycles. The maximum atomic E-state index is 8.65.